The molecule has 0 saturated carbocycles. The van der Waals surface area contributed by atoms with Crippen molar-refractivity contribution >= 4 is 17.1 Å². The van der Waals surface area contributed by atoms with Gasteiger partial charge >= 0.3 is 0 Å². The molecule has 0 radical (unpaired) electrons. The highest BCUT2D eigenvalue weighted by Crippen LogP contribution is 2.31. The van der Waals surface area contributed by atoms with E-state index < -0.39 is 0 Å². The topological polar surface area (TPSA) is 104 Å². The molecular formula is C12H18N6O. The van der Waals surface area contributed by atoms with Crippen molar-refractivity contribution in [2.75, 3.05) is 24.5 Å². The Balaban J connectivity index is 1.86. The van der Waals surface area contributed by atoms with E-state index in [4.69, 9.17) is 5.73 Å². The van der Waals surface area contributed by atoms with Crippen LogP contribution < -0.4 is 16.2 Å². The van der Waals surface area contributed by atoms with E-state index in [1.54, 1.807) is 0 Å². The lowest BCUT2D eigenvalue weighted by atomic mass is 9.81. The summed E-state index contributed by atoms with van der Waals surface area (Å²) in [6.07, 6.45) is 3.44. The van der Waals surface area contributed by atoms with Crippen molar-refractivity contribution in [3.05, 3.63) is 16.7 Å². The zero-order valence-electron chi connectivity index (χ0n) is 10.9. The monoisotopic (exact) mass is 262 g/mol. The van der Waals surface area contributed by atoms with Crippen molar-refractivity contribution in [3.63, 3.8) is 0 Å². The Hall–Kier alpha value is -1.89. The Bertz CT molecular complexity index is 637. The number of aromatic nitrogens is 4. The molecule has 0 aliphatic carbocycles. The molecule has 0 spiro atoms. The van der Waals surface area contributed by atoms with Crippen LogP contribution in [-0.4, -0.2) is 39.6 Å². The van der Waals surface area contributed by atoms with E-state index >= 15 is 0 Å². The zero-order valence-corrected chi connectivity index (χ0v) is 10.9. The second kappa shape index (κ2) is 4.34. The van der Waals surface area contributed by atoms with Crippen LogP contribution in [0.25, 0.3) is 11.2 Å². The first-order valence-electron chi connectivity index (χ1n) is 6.50. The van der Waals surface area contributed by atoms with Crippen LogP contribution in [0.3, 0.4) is 0 Å². The smallest absolute Gasteiger partial charge is 0.276 e. The van der Waals surface area contributed by atoms with Gasteiger partial charge in [0.25, 0.3) is 5.56 Å². The minimum atomic E-state index is -0.187. The van der Waals surface area contributed by atoms with Gasteiger partial charge in [0.05, 0.1) is 6.33 Å². The van der Waals surface area contributed by atoms with E-state index in [0.29, 0.717) is 17.7 Å². The summed E-state index contributed by atoms with van der Waals surface area (Å²) in [5.74, 6) is 0.721. The second-order valence-electron chi connectivity index (χ2n) is 5.49. The van der Waals surface area contributed by atoms with Gasteiger partial charge in [-0.3, -0.25) is 4.79 Å². The molecule has 0 unspecified atom stereocenters. The molecule has 0 amide bonds. The molecule has 3 rings (SSSR count). The maximum absolute atomic E-state index is 11.6. The summed E-state index contributed by atoms with van der Waals surface area (Å²) in [6.45, 7) is 4.72. The van der Waals surface area contributed by atoms with E-state index in [1.807, 2.05) is 0 Å². The number of hydrogen-bond acceptors (Lipinski definition) is 5. The van der Waals surface area contributed by atoms with Gasteiger partial charge in [-0.15, -0.1) is 0 Å². The van der Waals surface area contributed by atoms with Crippen LogP contribution in [0.1, 0.15) is 19.8 Å². The quantitative estimate of drug-likeness (QED) is 0.718. The van der Waals surface area contributed by atoms with Gasteiger partial charge in [-0.25, -0.2) is 4.98 Å². The highest BCUT2D eigenvalue weighted by Gasteiger charge is 2.29. The number of aromatic amines is 2. The summed E-state index contributed by atoms with van der Waals surface area (Å²) in [5, 5.41) is 0. The van der Waals surface area contributed by atoms with E-state index in [0.717, 1.165) is 31.9 Å². The van der Waals surface area contributed by atoms with E-state index in [-0.39, 0.29) is 11.0 Å². The number of nitrogens with one attached hydrogen (secondary N) is 2. The molecule has 0 bridgehead atoms. The molecule has 2 aromatic heterocycles. The van der Waals surface area contributed by atoms with Crippen molar-refractivity contribution in [3.8, 4) is 0 Å². The number of anilines is 1. The summed E-state index contributed by atoms with van der Waals surface area (Å²) < 4.78 is 0. The van der Waals surface area contributed by atoms with Gasteiger partial charge in [0.15, 0.2) is 11.2 Å². The van der Waals surface area contributed by atoms with Gasteiger partial charge < -0.3 is 20.6 Å². The molecule has 1 aliphatic rings. The molecule has 1 saturated heterocycles. The maximum atomic E-state index is 11.6. The fourth-order valence-electron chi connectivity index (χ4n) is 2.44. The average molecular weight is 262 g/mol. The number of rotatable bonds is 2. The SMILES string of the molecule is CC1(CN)CCN(c2nc3nc[nH]c(=O)c3[nH]2)CC1. The van der Waals surface area contributed by atoms with E-state index in [2.05, 4.69) is 31.8 Å². The van der Waals surface area contributed by atoms with E-state index in [1.165, 1.54) is 6.33 Å². The Morgan fingerprint density at radius 3 is 2.84 bits per heavy atom. The predicted molar refractivity (Wildman–Crippen MR) is 73.1 cm³/mol. The third-order valence-electron chi connectivity index (χ3n) is 4.04. The maximum Gasteiger partial charge on any atom is 0.276 e. The Kier molecular flexibility index (Phi) is 2.78. The summed E-state index contributed by atoms with van der Waals surface area (Å²) in [5.41, 5.74) is 6.74. The van der Waals surface area contributed by atoms with Crippen LogP contribution in [-0.2, 0) is 0 Å². The van der Waals surface area contributed by atoms with Gasteiger partial charge in [-0.05, 0) is 24.8 Å². The van der Waals surface area contributed by atoms with Crippen molar-refractivity contribution in [1.29, 1.82) is 0 Å². The normalized spacial score (nSPS) is 18.9. The number of fused-ring (bicyclic) bond motifs is 1. The summed E-state index contributed by atoms with van der Waals surface area (Å²) in [7, 11) is 0. The van der Waals surface area contributed by atoms with Crippen LogP contribution in [0.4, 0.5) is 5.95 Å². The Labute approximate surface area is 110 Å². The zero-order chi connectivity index (χ0) is 13.5. The molecule has 7 nitrogen and oxygen atoms in total. The van der Waals surface area contributed by atoms with Crippen LogP contribution in [0, 0.1) is 5.41 Å². The second-order valence-corrected chi connectivity index (χ2v) is 5.49. The number of nitrogens with zero attached hydrogens (tertiary/aromatic N) is 3. The Morgan fingerprint density at radius 1 is 1.47 bits per heavy atom. The van der Waals surface area contributed by atoms with Crippen molar-refractivity contribution < 1.29 is 0 Å². The lowest BCUT2D eigenvalue weighted by Gasteiger charge is -2.38. The van der Waals surface area contributed by atoms with Gasteiger partial charge in [-0.2, -0.15) is 4.98 Å². The minimum Gasteiger partial charge on any atom is -0.342 e. The molecule has 102 valence electrons. The van der Waals surface area contributed by atoms with E-state index in [9.17, 15) is 4.79 Å². The van der Waals surface area contributed by atoms with Crippen LogP contribution >= 0.6 is 0 Å². The van der Waals surface area contributed by atoms with Crippen molar-refractivity contribution in [1.82, 2.24) is 19.9 Å². The van der Waals surface area contributed by atoms with Crippen molar-refractivity contribution in [2.24, 2.45) is 11.1 Å². The van der Waals surface area contributed by atoms with Gasteiger partial charge in [0, 0.05) is 13.1 Å². The number of piperidine rings is 1. The molecule has 0 aromatic carbocycles. The lowest BCUT2D eigenvalue weighted by molar-refractivity contribution is 0.257. The predicted octanol–water partition coefficient (Wildman–Crippen LogP) is 0.211. The summed E-state index contributed by atoms with van der Waals surface area (Å²) >= 11 is 0. The van der Waals surface area contributed by atoms with Crippen molar-refractivity contribution in [2.45, 2.75) is 19.8 Å². The number of H-pyrrole nitrogens is 2. The molecule has 2 aromatic rings. The highest BCUT2D eigenvalue weighted by molar-refractivity contribution is 5.71. The molecule has 3 heterocycles. The molecule has 1 fully saturated rings. The molecule has 1 aliphatic heterocycles. The fraction of sp³-hybridized carbons (Fsp3) is 0.583. The molecule has 0 atom stereocenters. The average Bonchev–Trinajstić information content (AvgIpc) is 2.85. The standard InChI is InChI=1S/C12H18N6O/c1-12(6-13)2-4-18(5-3-12)11-16-8-9(17-11)14-7-15-10(8)19/h7H,2-6,13H2,1H3,(H2,14,15,16,17,19). The number of nitrogens with two attached hydrogens (primary N) is 1. The minimum absolute atomic E-state index is 0.187. The molecule has 4 N–H and O–H groups in total. The first-order valence-corrected chi connectivity index (χ1v) is 6.50. The van der Waals surface area contributed by atoms with Gasteiger partial charge in [-0.1, -0.05) is 6.92 Å². The first kappa shape index (κ1) is 12.2. The lowest BCUT2D eigenvalue weighted by Crippen LogP contribution is -2.42. The number of hydrogen-bond donors (Lipinski definition) is 3. The van der Waals surface area contributed by atoms with Crippen LogP contribution in [0.15, 0.2) is 11.1 Å². The van der Waals surface area contributed by atoms with Gasteiger partial charge in [0.2, 0.25) is 5.95 Å². The van der Waals surface area contributed by atoms with Gasteiger partial charge in [0.1, 0.15) is 0 Å². The van der Waals surface area contributed by atoms with Crippen LogP contribution in [0.5, 0.6) is 0 Å². The Morgan fingerprint density at radius 2 is 2.21 bits per heavy atom. The first-order chi connectivity index (χ1) is 9.11. The highest BCUT2D eigenvalue weighted by atomic mass is 16.1. The molecule has 7 heteroatoms. The fourth-order valence-corrected chi connectivity index (χ4v) is 2.44. The third kappa shape index (κ3) is 2.10. The van der Waals surface area contributed by atoms with Crippen LogP contribution in [0.2, 0.25) is 0 Å². The summed E-state index contributed by atoms with van der Waals surface area (Å²) in [6, 6.07) is 0. The molecule has 19 heavy (non-hydrogen) atoms. The largest absolute Gasteiger partial charge is 0.342 e. The number of imidazole rings is 1. The third-order valence-corrected chi connectivity index (χ3v) is 4.04. The summed E-state index contributed by atoms with van der Waals surface area (Å²) in [4.78, 5) is 27.8. The molecular weight excluding hydrogens is 244 g/mol.